The third-order valence-corrected chi connectivity index (χ3v) is 3.03. The number of aryl methyl sites for hydroxylation is 1. The molecule has 0 aliphatic heterocycles. The minimum Gasteiger partial charge on any atom is -0.504 e. The van der Waals surface area contributed by atoms with Crippen molar-refractivity contribution in [3.05, 3.63) is 29.5 Å². The Bertz CT molecular complexity index is 482. The zero-order valence-electron chi connectivity index (χ0n) is 9.37. The molecule has 1 N–H and O–H groups in total. The summed E-state index contributed by atoms with van der Waals surface area (Å²) in [5.74, 6) is 1.33. The molecule has 2 nitrogen and oxygen atoms in total. The number of para-hydroxylation sites is 1. The second-order valence-electron chi connectivity index (χ2n) is 4.04. The van der Waals surface area contributed by atoms with Crippen LogP contribution in [-0.2, 0) is 0 Å². The highest BCUT2D eigenvalue weighted by molar-refractivity contribution is 5.87. The van der Waals surface area contributed by atoms with Gasteiger partial charge in [-0.2, -0.15) is 0 Å². The van der Waals surface area contributed by atoms with Gasteiger partial charge in [-0.05, 0) is 30.9 Å². The molecule has 0 spiro atoms. The van der Waals surface area contributed by atoms with Crippen LogP contribution in [-0.4, -0.2) is 5.11 Å². The lowest BCUT2D eigenvalue weighted by molar-refractivity contribution is 0.450. The molecule has 0 radical (unpaired) electrons. The van der Waals surface area contributed by atoms with E-state index in [1.807, 2.05) is 12.1 Å². The fourth-order valence-electron chi connectivity index (χ4n) is 1.85. The van der Waals surface area contributed by atoms with Crippen LogP contribution < -0.4 is 0 Å². The van der Waals surface area contributed by atoms with Gasteiger partial charge in [-0.25, -0.2) is 0 Å². The van der Waals surface area contributed by atoms with E-state index < -0.39 is 0 Å². The van der Waals surface area contributed by atoms with E-state index in [1.165, 1.54) is 5.56 Å². The van der Waals surface area contributed by atoms with Gasteiger partial charge in [0.1, 0.15) is 11.3 Å². The van der Waals surface area contributed by atoms with Crippen molar-refractivity contribution < 1.29 is 9.52 Å². The van der Waals surface area contributed by atoms with E-state index in [4.69, 9.17) is 4.42 Å². The van der Waals surface area contributed by atoms with E-state index in [2.05, 4.69) is 19.9 Å². The molecule has 1 atom stereocenters. The van der Waals surface area contributed by atoms with Crippen molar-refractivity contribution in [2.75, 3.05) is 0 Å². The van der Waals surface area contributed by atoms with E-state index in [0.29, 0.717) is 11.7 Å². The van der Waals surface area contributed by atoms with Crippen LogP contribution in [0.2, 0.25) is 0 Å². The molecule has 0 bridgehead atoms. The SMILES string of the molecule is CCC(C)c1cccc2c(O)c(C)oc12. The summed E-state index contributed by atoms with van der Waals surface area (Å²) in [6.45, 7) is 6.11. The van der Waals surface area contributed by atoms with Gasteiger partial charge in [0, 0.05) is 0 Å². The van der Waals surface area contributed by atoms with Gasteiger partial charge in [0.15, 0.2) is 5.75 Å². The van der Waals surface area contributed by atoms with Crippen molar-refractivity contribution >= 4 is 11.0 Å². The Balaban J connectivity index is 2.71. The highest BCUT2D eigenvalue weighted by Gasteiger charge is 2.15. The molecule has 15 heavy (non-hydrogen) atoms. The number of furan rings is 1. The van der Waals surface area contributed by atoms with Gasteiger partial charge >= 0.3 is 0 Å². The molecule has 2 heteroatoms. The molecular formula is C13H16O2. The van der Waals surface area contributed by atoms with Gasteiger partial charge < -0.3 is 9.52 Å². The zero-order chi connectivity index (χ0) is 11.0. The molecule has 0 amide bonds. The Labute approximate surface area is 89.5 Å². The standard InChI is InChI=1S/C13H16O2/c1-4-8(2)10-6-5-7-11-12(14)9(3)15-13(10)11/h5-8,14H,4H2,1-3H3. The van der Waals surface area contributed by atoms with Gasteiger partial charge in [0.2, 0.25) is 0 Å². The lowest BCUT2D eigenvalue weighted by Gasteiger charge is -2.08. The van der Waals surface area contributed by atoms with Gasteiger partial charge in [0.05, 0.1) is 5.39 Å². The largest absolute Gasteiger partial charge is 0.504 e. The first-order valence-corrected chi connectivity index (χ1v) is 5.36. The third kappa shape index (κ3) is 1.50. The number of rotatable bonds is 2. The fraction of sp³-hybridized carbons (Fsp3) is 0.385. The molecule has 0 saturated carbocycles. The summed E-state index contributed by atoms with van der Waals surface area (Å²) >= 11 is 0. The van der Waals surface area contributed by atoms with Gasteiger partial charge in [0.25, 0.3) is 0 Å². The number of aromatic hydroxyl groups is 1. The number of hydrogen-bond donors (Lipinski definition) is 1. The molecule has 0 saturated heterocycles. The summed E-state index contributed by atoms with van der Waals surface area (Å²) in [6, 6.07) is 5.93. The van der Waals surface area contributed by atoms with Crippen molar-refractivity contribution in [2.24, 2.45) is 0 Å². The third-order valence-electron chi connectivity index (χ3n) is 3.03. The van der Waals surface area contributed by atoms with Crippen LogP contribution in [0.15, 0.2) is 22.6 Å². The van der Waals surface area contributed by atoms with Crippen LogP contribution >= 0.6 is 0 Å². The van der Waals surface area contributed by atoms with Crippen molar-refractivity contribution in [2.45, 2.75) is 33.1 Å². The van der Waals surface area contributed by atoms with E-state index in [9.17, 15) is 5.11 Å². The number of fused-ring (bicyclic) bond motifs is 1. The quantitative estimate of drug-likeness (QED) is 0.803. The summed E-state index contributed by atoms with van der Waals surface area (Å²) in [5, 5.41) is 10.6. The van der Waals surface area contributed by atoms with Crippen molar-refractivity contribution in [1.82, 2.24) is 0 Å². The Hall–Kier alpha value is -1.44. The highest BCUT2D eigenvalue weighted by atomic mass is 16.4. The lowest BCUT2D eigenvalue weighted by Crippen LogP contribution is -1.90. The average molecular weight is 204 g/mol. The van der Waals surface area contributed by atoms with E-state index >= 15 is 0 Å². The normalized spacial score (nSPS) is 13.3. The van der Waals surface area contributed by atoms with Gasteiger partial charge in [-0.15, -0.1) is 0 Å². The maximum absolute atomic E-state index is 9.78. The topological polar surface area (TPSA) is 33.4 Å². The van der Waals surface area contributed by atoms with Crippen LogP contribution in [0.4, 0.5) is 0 Å². The molecule has 1 heterocycles. The first-order valence-electron chi connectivity index (χ1n) is 5.36. The van der Waals surface area contributed by atoms with Crippen LogP contribution in [0.1, 0.15) is 37.5 Å². The lowest BCUT2D eigenvalue weighted by atomic mass is 9.97. The molecule has 0 aliphatic rings. The Morgan fingerprint density at radius 1 is 1.40 bits per heavy atom. The Kier molecular flexibility index (Phi) is 2.43. The summed E-state index contributed by atoms with van der Waals surface area (Å²) in [4.78, 5) is 0. The first-order chi connectivity index (χ1) is 7.15. The summed E-state index contributed by atoms with van der Waals surface area (Å²) in [7, 11) is 0. The predicted molar refractivity (Wildman–Crippen MR) is 61.3 cm³/mol. The van der Waals surface area contributed by atoms with Gasteiger partial charge in [-0.3, -0.25) is 0 Å². The predicted octanol–water partition coefficient (Wildman–Crippen LogP) is 3.96. The van der Waals surface area contributed by atoms with E-state index in [1.54, 1.807) is 6.92 Å². The molecule has 80 valence electrons. The van der Waals surface area contributed by atoms with E-state index in [-0.39, 0.29) is 5.75 Å². The maximum Gasteiger partial charge on any atom is 0.164 e. The molecular weight excluding hydrogens is 188 g/mol. The van der Waals surface area contributed by atoms with Crippen molar-refractivity contribution in [3.63, 3.8) is 0 Å². The molecule has 0 aliphatic carbocycles. The van der Waals surface area contributed by atoms with Crippen molar-refractivity contribution in [1.29, 1.82) is 0 Å². The molecule has 1 aromatic carbocycles. The Morgan fingerprint density at radius 3 is 2.80 bits per heavy atom. The summed E-state index contributed by atoms with van der Waals surface area (Å²) in [6.07, 6.45) is 1.07. The van der Waals surface area contributed by atoms with Crippen LogP contribution in [0, 0.1) is 6.92 Å². The van der Waals surface area contributed by atoms with Crippen LogP contribution in [0.25, 0.3) is 11.0 Å². The van der Waals surface area contributed by atoms with Gasteiger partial charge in [-0.1, -0.05) is 26.0 Å². The van der Waals surface area contributed by atoms with Crippen LogP contribution in [0.3, 0.4) is 0 Å². The molecule has 2 rings (SSSR count). The summed E-state index contributed by atoms with van der Waals surface area (Å²) in [5.41, 5.74) is 2.01. The minimum atomic E-state index is 0.273. The molecule has 1 unspecified atom stereocenters. The van der Waals surface area contributed by atoms with Crippen molar-refractivity contribution in [3.8, 4) is 5.75 Å². The van der Waals surface area contributed by atoms with Crippen LogP contribution in [0.5, 0.6) is 5.75 Å². The highest BCUT2D eigenvalue weighted by Crippen LogP contribution is 2.36. The number of benzene rings is 1. The second-order valence-corrected chi connectivity index (χ2v) is 4.04. The zero-order valence-corrected chi connectivity index (χ0v) is 9.37. The first kappa shape index (κ1) is 10.1. The smallest absolute Gasteiger partial charge is 0.164 e. The molecule has 1 aromatic heterocycles. The average Bonchev–Trinajstić information content (AvgIpc) is 2.54. The molecule has 0 fully saturated rings. The Morgan fingerprint density at radius 2 is 2.13 bits per heavy atom. The monoisotopic (exact) mass is 204 g/mol. The minimum absolute atomic E-state index is 0.273. The maximum atomic E-state index is 9.78. The fourth-order valence-corrected chi connectivity index (χ4v) is 1.85. The molecule has 2 aromatic rings. The summed E-state index contributed by atoms with van der Waals surface area (Å²) < 4.78 is 5.60. The van der Waals surface area contributed by atoms with E-state index in [0.717, 1.165) is 17.4 Å². The number of hydrogen-bond acceptors (Lipinski definition) is 2. The second kappa shape index (κ2) is 3.61.